The Morgan fingerprint density at radius 1 is 1.53 bits per heavy atom. The van der Waals surface area contributed by atoms with E-state index < -0.39 is 0 Å². The van der Waals surface area contributed by atoms with Crippen LogP contribution in [0, 0.1) is 0 Å². The fourth-order valence-corrected chi connectivity index (χ4v) is 2.61. The zero-order valence-corrected chi connectivity index (χ0v) is 12.1. The third-order valence-electron chi connectivity index (χ3n) is 2.66. The van der Waals surface area contributed by atoms with Crippen molar-refractivity contribution >= 4 is 29.0 Å². The highest BCUT2D eigenvalue weighted by molar-refractivity contribution is 7.99. The average Bonchev–Trinajstić information content (AvgIpc) is 2.35. The Morgan fingerprint density at radius 2 is 2.32 bits per heavy atom. The van der Waals surface area contributed by atoms with Crippen LogP contribution in [-0.4, -0.2) is 28.6 Å². The van der Waals surface area contributed by atoms with Crippen LogP contribution in [-0.2, 0) is 4.79 Å². The van der Waals surface area contributed by atoms with Crippen LogP contribution >= 0.6 is 11.8 Å². The quantitative estimate of drug-likeness (QED) is 0.506. The Morgan fingerprint density at radius 3 is 3.00 bits per heavy atom. The minimum atomic E-state index is 0.0148. The van der Waals surface area contributed by atoms with E-state index in [0.717, 1.165) is 24.3 Å². The average molecular weight is 282 g/mol. The van der Waals surface area contributed by atoms with Gasteiger partial charge in [0.05, 0.1) is 0 Å². The maximum atomic E-state index is 11.7. The molecule has 4 N–H and O–H groups in total. The monoisotopic (exact) mass is 282 g/mol. The van der Waals surface area contributed by atoms with Gasteiger partial charge in [0.25, 0.3) is 0 Å². The van der Waals surface area contributed by atoms with Crippen molar-refractivity contribution in [2.24, 2.45) is 0 Å². The van der Waals surface area contributed by atoms with Gasteiger partial charge in [0.2, 0.25) is 5.91 Å². The minimum absolute atomic E-state index is 0.0148. The minimum Gasteiger partial charge on any atom is -0.399 e. The Bertz CT molecular complexity index is 399. The van der Waals surface area contributed by atoms with Crippen molar-refractivity contribution in [3.05, 3.63) is 24.3 Å². The SMILES string of the molecule is CC(CCO)SCCCC(=O)Nc1cccc(N)c1. The highest BCUT2D eigenvalue weighted by Gasteiger charge is 2.05. The number of hydrogen-bond donors (Lipinski definition) is 3. The molecule has 0 saturated heterocycles. The smallest absolute Gasteiger partial charge is 0.224 e. The molecule has 0 spiro atoms. The predicted octanol–water partition coefficient (Wildman–Crippen LogP) is 2.49. The summed E-state index contributed by atoms with van der Waals surface area (Å²) in [6.45, 7) is 2.32. The lowest BCUT2D eigenvalue weighted by Gasteiger charge is -2.09. The Kier molecular flexibility index (Phi) is 7.36. The summed E-state index contributed by atoms with van der Waals surface area (Å²) < 4.78 is 0. The number of nitrogen functional groups attached to an aromatic ring is 1. The molecule has 0 heterocycles. The van der Waals surface area contributed by atoms with E-state index in [2.05, 4.69) is 12.2 Å². The first kappa shape index (κ1) is 15.9. The first-order chi connectivity index (χ1) is 9.11. The highest BCUT2D eigenvalue weighted by Crippen LogP contribution is 2.16. The summed E-state index contributed by atoms with van der Waals surface area (Å²) in [6, 6.07) is 7.18. The number of rotatable bonds is 8. The summed E-state index contributed by atoms with van der Waals surface area (Å²) in [7, 11) is 0. The number of amides is 1. The summed E-state index contributed by atoms with van der Waals surface area (Å²) in [5.74, 6) is 0.951. The molecule has 0 saturated carbocycles. The van der Waals surface area contributed by atoms with Crippen LogP contribution in [0.1, 0.15) is 26.2 Å². The standard InChI is InChI=1S/C14H22N2O2S/c1-11(7-8-17)19-9-3-6-14(18)16-13-5-2-4-12(15)10-13/h2,4-5,10-11,17H,3,6-9,15H2,1H3,(H,16,18). The van der Waals surface area contributed by atoms with Crippen LogP contribution < -0.4 is 11.1 Å². The molecule has 5 heteroatoms. The van der Waals surface area contributed by atoms with Gasteiger partial charge in [0.15, 0.2) is 0 Å². The van der Waals surface area contributed by atoms with E-state index in [4.69, 9.17) is 10.8 Å². The molecule has 0 radical (unpaired) electrons. The zero-order valence-electron chi connectivity index (χ0n) is 11.3. The molecule has 1 rings (SSSR count). The third-order valence-corrected chi connectivity index (χ3v) is 3.99. The summed E-state index contributed by atoms with van der Waals surface area (Å²) >= 11 is 1.79. The van der Waals surface area contributed by atoms with Crippen LogP contribution in [0.15, 0.2) is 24.3 Å². The number of thioether (sulfide) groups is 1. The van der Waals surface area contributed by atoms with Crippen molar-refractivity contribution in [1.82, 2.24) is 0 Å². The molecule has 0 bridgehead atoms. The van der Waals surface area contributed by atoms with Crippen molar-refractivity contribution in [2.45, 2.75) is 31.4 Å². The number of carbonyl (C=O) groups is 1. The van der Waals surface area contributed by atoms with Gasteiger partial charge in [-0.25, -0.2) is 0 Å². The lowest BCUT2D eigenvalue weighted by Crippen LogP contribution is -2.12. The largest absolute Gasteiger partial charge is 0.399 e. The zero-order chi connectivity index (χ0) is 14.1. The lowest BCUT2D eigenvalue weighted by atomic mass is 10.2. The second-order valence-electron chi connectivity index (χ2n) is 4.47. The van der Waals surface area contributed by atoms with E-state index in [1.54, 1.807) is 23.9 Å². The molecule has 1 amide bonds. The molecule has 0 aliphatic heterocycles. The number of nitrogens with two attached hydrogens (primary N) is 1. The number of hydrogen-bond acceptors (Lipinski definition) is 4. The highest BCUT2D eigenvalue weighted by atomic mass is 32.2. The molecule has 1 aromatic carbocycles. The number of carbonyl (C=O) groups excluding carboxylic acids is 1. The lowest BCUT2D eigenvalue weighted by molar-refractivity contribution is -0.116. The predicted molar refractivity (Wildman–Crippen MR) is 82.3 cm³/mol. The number of aliphatic hydroxyl groups is 1. The van der Waals surface area contributed by atoms with Crippen LogP contribution in [0.2, 0.25) is 0 Å². The van der Waals surface area contributed by atoms with Gasteiger partial charge in [0.1, 0.15) is 0 Å². The fourth-order valence-electron chi connectivity index (χ4n) is 1.62. The molecule has 1 unspecified atom stereocenters. The summed E-state index contributed by atoms with van der Waals surface area (Å²) in [6.07, 6.45) is 2.16. The van der Waals surface area contributed by atoms with Crippen molar-refractivity contribution in [3.8, 4) is 0 Å². The van der Waals surface area contributed by atoms with E-state index in [1.807, 2.05) is 12.1 Å². The van der Waals surface area contributed by atoms with E-state index in [9.17, 15) is 4.79 Å². The molecule has 4 nitrogen and oxygen atoms in total. The molecular formula is C14H22N2O2S. The van der Waals surface area contributed by atoms with Gasteiger partial charge < -0.3 is 16.2 Å². The van der Waals surface area contributed by atoms with Gasteiger partial charge in [-0.05, 0) is 36.8 Å². The van der Waals surface area contributed by atoms with Gasteiger partial charge in [-0.1, -0.05) is 13.0 Å². The van der Waals surface area contributed by atoms with Gasteiger partial charge in [-0.3, -0.25) is 4.79 Å². The molecule has 0 aliphatic rings. The van der Waals surface area contributed by atoms with Crippen LogP contribution in [0.3, 0.4) is 0 Å². The molecule has 0 aromatic heterocycles. The van der Waals surface area contributed by atoms with Gasteiger partial charge in [0, 0.05) is 29.7 Å². The second kappa shape index (κ2) is 8.82. The summed E-state index contributed by atoms with van der Waals surface area (Å²) in [5, 5.41) is 12.1. The molecule has 0 fully saturated rings. The van der Waals surface area contributed by atoms with E-state index in [1.165, 1.54) is 0 Å². The van der Waals surface area contributed by atoms with E-state index in [0.29, 0.717) is 17.4 Å². The first-order valence-electron chi connectivity index (χ1n) is 6.49. The van der Waals surface area contributed by atoms with Crippen LogP contribution in [0.25, 0.3) is 0 Å². The number of nitrogens with one attached hydrogen (secondary N) is 1. The molecular weight excluding hydrogens is 260 g/mol. The normalized spacial score (nSPS) is 12.1. The van der Waals surface area contributed by atoms with E-state index in [-0.39, 0.29) is 12.5 Å². The molecule has 106 valence electrons. The number of anilines is 2. The van der Waals surface area contributed by atoms with Crippen LogP contribution in [0.5, 0.6) is 0 Å². The summed E-state index contributed by atoms with van der Waals surface area (Å²) in [4.78, 5) is 11.7. The fraction of sp³-hybridized carbons (Fsp3) is 0.500. The van der Waals surface area contributed by atoms with Gasteiger partial charge in [-0.15, -0.1) is 0 Å². The van der Waals surface area contributed by atoms with Crippen molar-refractivity contribution < 1.29 is 9.90 Å². The number of aliphatic hydroxyl groups excluding tert-OH is 1. The Balaban J connectivity index is 2.18. The van der Waals surface area contributed by atoms with Crippen molar-refractivity contribution in [1.29, 1.82) is 0 Å². The Labute approximate surface area is 118 Å². The topological polar surface area (TPSA) is 75.3 Å². The molecule has 19 heavy (non-hydrogen) atoms. The summed E-state index contributed by atoms with van der Waals surface area (Å²) in [5.41, 5.74) is 7.03. The third kappa shape index (κ3) is 7.08. The molecule has 0 aliphatic carbocycles. The molecule has 1 aromatic rings. The maximum Gasteiger partial charge on any atom is 0.224 e. The second-order valence-corrected chi connectivity index (χ2v) is 6.02. The van der Waals surface area contributed by atoms with Crippen molar-refractivity contribution in [2.75, 3.05) is 23.4 Å². The van der Waals surface area contributed by atoms with Crippen LogP contribution in [0.4, 0.5) is 11.4 Å². The Hall–Kier alpha value is -1.20. The van der Waals surface area contributed by atoms with E-state index >= 15 is 0 Å². The van der Waals surface area contributed by atoms with Gasteiger partial charge >= 0.3 is 0 Å². The van der Waals surface area contributed by atoms with Gasteiger partial charge in [-0.2, -0.15) is 11.8 Å². The maximum absolute atomic E-state index is 11.7. The first-order valence-corrected chi connectivity index (χ1v) is 7.54. The van der Waals surface area contributed by atoms with Crippen molar-refractivity contribution in [3.63, 3.8) is 0 Å². The molecule has 1 atom stereocenters. The number of benzene rings is 1.